The minimum Gasteiger partial charge on any atom is -0.496 e. The van der Waals surface area contributed by atoms with Crippen LogP contribution in [-0.4, -0.2) is 43.2 Å². The molecule has 1 unspecified atom stereocenters. The Labute approximate surface area is 163 Å². The highest BCUT2D eigenvalue weighted by atomic mass is 19.4. The molecule has 2 aromatic carbocycles. The Balaban J connectivity index is 2.71. The lowest BCUT2D eigenvalue weighted by Gasteiger charge is -2.33. The van der Waals surface area contributed by atoms with Gasteiger partial charge in [-0.1, -0.05) is 29.8 Å². The smallest absolute Gasteiger partial charge is 0.425 e. The standard InChI is InChI=1S/C21H25F3N2O2/c1-6-26(4)13-25-18-12-19(28-5)17(11-15(18)3)20(27,21(22,23)24)16-9-7-8-14(2)10-16/h7-13,27H,6H2,1-5H3/b25-13+. The number of hydrogen-bond acceptors (Lipinski definition) is 3. The van der Waals surface area contributed by atoms with Crippen LogP contribution in [0.4, 0.5) is 18.9 Å². The number of ether oxygens (including phenoxy) is 1. The molecule has 0 saturated carbocycles. The number of aryl methyl sites for hydroxylation is 2. The van der Waals surface area contributed by atoms with Crippen LogP contribution < -0.4 is 4.74 Å². The van der Waals surface area contributed by atoms with Gasteiger partial charge in [0.1, 0.15) is 5.75 Å². The summed E-state index contributed by atoms with van der Waals surface area (Å²) in [5.74, 6) is -0.0850. The average molecular weight is 394 g/mol. The molecule has 7 heteroatoms. The Morgan fingerprint density at radius 3 is 2.39 bits per heavy atom. The maximum Gasteiger partial charge on any atom is 0.425 e. The van der Waals surface area contributed by atoms with Crippen molar-refractivity contribution >= 4 is 12.0 Å². The van der Waals surface area contributed by atoms with E-state index in [0.717, 1.165) is 6.54 Å². The number of nitrogens with zero attached hydrogens (tertiary/aromatic N) is 2. The van der Waals surface area contributed by atoms with Gasteiger partial charge in [0.15, 0.2) is 0 Å². The van der Waals surface area contributed by atoms with Gasteiger partial charge in [-0.15, -0.1) is 0 Å². The zero-order valence-corrected chi connectivity index (χ0v) is 16.6. The fourth-order valence-corrected chi connectivity index (χ4v) is 2.85. The monoisotopic (exact) mass is 394 g/mol. The zero-order chi connectivity index (χ0) is 21.1. The number of aliphatic imine (C=N–C) groups is 1. The summed E-state index contributed by atoms with van der Waals surface area (Å²) < 4.78 is 47.6. The molecule has 1 N–H and O–H groups in total. The van der Waals surface area contributed by atoms with Crippen LogP contribution in [0.25, 0.3) is 0 Å². The van der Waals surface area contributed by atoms with Crippen LogP contribution in [0.15, 0.2) is 41.4 Å². The fraction of sp³-hybridized carbons (Fsp3) is 0.381. The molecule has 0 aliphatic heterocycles. The van der Waals surface area contributed by atoms with Crippen molar-refractivity contribution in [3.8, 4) is 5.75 Å². The van der Waals surface area contributed by atoms with Crippen LogP contribution in [0.2, 0.25) is 0 Å². The van der Waals surface area contributed by atoms with Gasteiger partial charge >= 0.3 is 6.18 Å². The second kappa shape index (κ2) is 8.22. The predicted octanol–water partition coefficient (Wildman–Crippen LogP) is 4.72. The first-order valence-corrected chi connectivity index (χ1v) is 8.84. The van der Waals surface area contributed by atoms with E-state index in [-0.39, 0.29) is 16.9 Å². The maximum atomic E-state index is 14.1. The third kappa shape index (κ3) is 4.14. The summed E-state index contributed by atoms with van der Waals surface area (Å²) in [6, 6.07) is 8.44. The highest BCUT2D eigenvalue weighted by Crippen LogP contribution is 2.48. The molecule has 0 radical (unpaired) electrons. The third-order valence-corrected chi connectivity index (χ3v) is 4.65. The Morgan fingerprint density at radius 2 is 1.86 bits per heavy atom. The van der Waals surface area contributed by atoms with Gasteiger partial charge in [-0.25, -0.2) is 4.99 Å². The molecule has 1 atom stereocenters. The SMILES string of the molecule is CCN(C)/C=N/c1cc(OC)c(C(O)(c2cccc(C)c2)C(F)(F)F)cc1C. The first kappa shape index (κ1) is 21.8. The van der Waals surface area contributed by atoms with Gasteiger partial charge in [-0.3, -0.25) is 0 Å². The van der Waals surface area contributed by atoms with Crippen LogP contribution >= 0.6 is 0 Å². The van der Waals surface area contributed by atoms with Crippen molar-refractivity contribution in [1.82, 2.24) is 4.90 Å². The van der Waals surface area contributed by atoms with E-state index in [0.29, 0.717) is 16.8 Å². The second-order valence-electron chi connectivity index (χ2n) is 6.73. The molecule has 2 rings (SSSR count). The molecule has 4 nitrogen and oxygen atoms in total. The first-order chi connectivity index (χ1) is 13.0. The van der Waals surface area contributed by atoms with E-state index in [1.165, 1.54) is 37.4 Å². The molecule has 0 saturated heterocycles. The summed E-state index contributed by atoms with van der Waals surface area (Å²) in [4.78, 5) is 6.15. The minimum atomic E-state index is -4.95. The molecular formula is C21H25F3N2O2. The molecule has 0 heterocycles. The van der Waals surface area contributed by atoms with Crippen molar-refractivity contribution in [2.24, 2.45) is 4.99 Å². The first-order valence-electron chi connectivity index (χ1n) is 8.84. The van der Waals surface area contributed by atoms with Crippen molar-refractivity contribution in [3.05, 3.63) is 58.7 Å². The van der Waals surface area contributed by atoms with Crippen molar-refractivity contribution in [1.29, 1.82) is 0 Å². The molecule has 0 spiro atoms. The second-order valence-corrected chi connectivity index (χ2v) is 6.73. The molecule has 0 aliphatic rings. The molecule has 28 heavy (non-hydrogen) atoms. The van der Waals surface area contributed by atoms with Gasteiger partial charge in [0, 0.05) is 25.2 Å². The lowest BCUT2D eigenvalue weighted by Crippen LogP contribution is -2.43. The highest BCUT2D eigenvalue weighted by Gasteiger charge is 2.57. The highest BCUT2D eigenvalue weighted by molar-refractivity contribution is 5.66. The van der Waals surface area contributed by atoms with Crippen molar-refractivity contribution in [2.45, 2.75) is 32.5 Å². The molecule has 0 fully saturated rings. The predicted molar refractivity (Wildman–Crippen MR) is 104 cm³/mol. The number of rotatable bonds is 6. The molecule has 0 amide bonds. The number of aliphatic hydroxyl groups is 1. The average Bonchev–Trinajstić information content (AvgIpc) is 2.64. The Kier molecular flexibility index (Phi) is 6.39. The normalized spacial score (nSPS) is 14.2. The van der Waals surface area contributed by atoms with E-state index in [1.807, 2.05) is 18.9 Å². The minimum absolute atomic E-state index is 0.0850. The lowest BCUT2D eigenvalue weighted by atomic mass is 9.83. The molecule has 0 bridgehead atoms. The fourth-order valence-electron chi connectivity index (χ4n) is 2.85. The summed E-state index contributed by atoms with van der Waals surface area (Å²) in [6.07, 6.45) is -3.36. The Bertz CT molecular complexity index is 865. The van der Waals surface area contributed by atoms with Crippen LogP contribution in [0.5, 0.6) is 5.75 Å². The largest absolute Gasteiger partial charge is 0.496 e. The van der Waals surface area contributed by atoms with Gasteiger partial charge < -0.3 is 14.7 Å². The van der Waals surface area contributed by atoms with Crippen LogP contribution in [0.1, 0.15) is 29.2 Å². The van der Waals surface area contributed by atoms with E-state index in [9.17, 15) is 18.3 Å². The summed E-state index contributed by atoms with van der Waals surface area (Å²) in [5.41, 5.74) is -2.27. The van der Waals surface area contributed by atoms with Crippen molar-refractivity contribution in [2.75, 3.05) is 20.7 Å². The summed E-state index contributed by atoms with van der Waals surface area (Å²) in [5, 5.41) is 10.9. The quantitative estimate of drug-likeness (QED) is 0.570. The van der Waals surface area contributed by atoms with Gasteiger partial charge in [0.25, 0.3) is 0 Å². The topological polar surface area (TPSA) is 45.1 Å². The summed E-state index contributed by atoms with van der Waals surface area (Å²) in [7, 11) is 3.11. The van der Waals surface area contributed by atoms with E-state index < -0.39 is 11.8 Å². The molecule has 0 aliphatic carbocycles. The number of alkyl halides is 3. The Morgan fingerprint density at radius 1 is 1.18 bits per heavy atom. The van der Waals surface area contributed by atoms with E-state index in [4.69, 9.17) is 4.74 Å². The molecular weight excluding hydrogens is 369 g/mol. The maximum absolute atomic E-state index is 14.1. The molecule has 152 valence electrons. The van der Waals surface area contributed by atoms with Crippen molar-refractivity contribution in [3.63, 3.8) is 0 Å². The van der Waals surface area contributed by atoms with Gasteiger partial charge in [0.2, 0.25) is 5.60 Å². The molecule has 0 aromatic heterocycles. The number of halogens is 3. The van der Waals surface area contributed by atoms with Gasteiger partial charge in [0.05, 0.1) is 19.1 Å². The number of benzene rings is 2. The van der Waals surface area contributed by atoms with Crippen LogP contribution in [0.3, 0.4) is 0 Å². The van der Waals surface area contributed by atoms with E-state index >= 15 is 0 Å². The number of hydrogen-bond donors (Lipinski definition) is 1. The van der Waals surface area contributed by atoms with E-state index in [2.05, 4.69) is 4.99 Å². The molecule has 2 aromatic rings. The van der Waals surface area contributed by atoms with Crippen LogP contribution in [-0.2, 0) is 5.60 Å². The summed E-state index contributed by atoms with van der Waals surface area (Å²) in [6.45, 7) is 6.01. The van der Waals surface area contributed by atoms with Gasteiger partial charge in [-0.2, -0.15) is 13.2 Å². The third-order valence-electron chi connectivity index (χ3n) is 4.65. The van der Waals surface area contributed by atoms with Gasteiger partial charge in [-0.05, 0) is 38.0 Å². The van der Waals surface area contributed by atoms with E-state index in [1.54, 1.807) is 26.3 Å². The number of methoxy groups -OCH3 is 1. The lowest BCUT2D eigenvalue weighted by molar-refractivity contribution is -0.248. The zero-order valence-electron chi connectivity index (χ0n) is 16.6. The Hall–Kier alpha value is -2.54. The van der Waals surface area contributed by atoms with Crippen molar-refractivity contribution < 1.29 is 23.0 Å². The van der Waals surface area contributed by atoms with Crippen LogP contribution in [0, 0.1) is 13.8 Å². The summed E-state index contributed by atoms with van der Waals surface area (Å²) >= 11 is 0.